The highest BCUT2D eigenvalue weighted by molar-refractivity contribution is 7.89. The third kappa shape index (κ3) is 6.00. The maximum Gasteiger partial charge on any atom is 0.307 e. The van der Waals surface area contributed by atoms with E-state index in [4.69, 9.17) is 9.47 Å². The first-order valence-electron chi connectivity index (χ1n) is 8.60. The maximum absolute atomic E-state index is 13.7. The van der Waals surface area contributed by atoms with Gasteiger partial charge in [0.15, 0.2) is 0 Å². The Bertz CT molecular complexity index is 916. The molecular weight excluding hydrogens is 392 g/mol. The Morgan fingerprint density at radius 3 is 2.46 bits per heavy atom. The molecule has 9 heteroatoms. The summed E-state index contributed by atoms with van der Waals surface area (Å²) in [5.74, 6) is -1.55. The van der Waals surface area contributed by atoms with Gasteiger partial charge >= 0.3 is 5.97 Å². The van der Waals surface area contributed by atoms with Crippen LogP contribution in [0.5, 0.6) is 5.75 Å². The molecule has 1 unspecified atom stereocenters. The number of benzene rings is 2. The summed E-state index contributed by atoms with van der Waals surface area (Å²) in [4.78, 5) is 11.9. The zero-order chi connectivity index (χ0) is 20.7. The zero-order valence-electron chi connectivity index (χ0n) is 15.4. The van der Waals surface area contributed by atoms with Crippen LogP contribution < -0.4 is 9.46 Å². The van der Waals surface area contributed by atoms with Gasteiger partial charge in [-0.05, 0) is 56.3 Å². The van der Waals surface area contributed by atoms with E-state index in [-0.39, 0.29) is 23.4 Å². The molecule has 28 heavy (non-hydrogen) atoms. The number of halogens is 2. The fourth-order valence-corrected chi connectivity index (χ4v) is 3.43. The standard InChI is InChI=1S/C19H21F2NO5S/c1-3-26-15-5-7-16(8-6-15)28(24,25)22-11-10-19(23)27-13(2)17-12-14(20)4-9-18(17)21/h4-9,12-13,22H,3,10-11H2,1-2H3. The molecule has 2 aromatic rings. The molecule has 0 saturated heterocycles. The summed E-state index contributed by atoms with van der Waals surface area (Å²) >= 11 is 0. The van der Waals surface area contributed by atoms with Crippen molar-refractivity contribution in [2.24, 2.45) is 0 Å². The molecule has 0 aliphatic carbocycles. The SMILES string of the molecule is CCOc1ccc(S(=O)(=O)NCCC(=O)OC(C)c2cc(F)ccc2F)cc1. The average Bonchev–Trinajstić information content (AvgIpc) is 2.64. The molecule has 0 amide bonds. The summed E-state index contributed by atoms with van der Waals surface area (Å²) in [6, 6.07) is 8.69. The lowest BCUT2D eigenvalue weighted by Crippen LogP contribution is -2.27. The largest absolute Gasteiger partial charge is 0.494 e. The van der Waals surface area contributed by atoms with Crippen molar-refractivity contribution < 1.29 is 31.5 Å². The number of esters is 1. The minimum atomic E-state index is -3.80. The van der Waals surface area contributed by atoms with Crippen molar-refractivity contribution in [3.63, 3.8) is 0 Å². The smallest absolute Gasteiger partial charge is 0.307 e. The predicted octanol–water partition coefficient (Wildman–Crippen LogP) is 3.34. The average molecular weight is 413 g/mol. The Balaban J connectivity index is 1.87. The van der Waals surface area contributed by atoms with Crippen LogP contribution in [0.25, 0.3) is 0 Å². The Hall–Kier alpha value is -2.52. The number of carbonyl (C=O) groups is 1. The Morgan fingerprint density at radius 1 is 1.14 bits per heavy atom. The van der Waals surface area contributed by atoms with Crippen molar-refractivity contribution in [3.05, 3.63) is 59.7 Å². The van der Waals surface area contributed by atoms with Crippen molar-refractivity contribution in [1.82, 2.24) is 4.72 Å². The van der Waals surface area contributed by atoms with Crippen LogP contribution in [-0.4, -0.2) is 27.5 Å². The van der Waals surface area contributed by atoms with Crippen LogP contribution in [0, 0.1) is 11.6 Å². The fourth-order valence-electron chi connectivity index (χ4n) is 2.40. The van der Waals surface area contributed by atoms with Gasteiger partial charge < -0.3 is 9.47 Å². The summed E-state index contributed by atoms with van der Waals surface area (Å²) in [6.45, 7) is 3.48. The molecule has 0 radical (unpaired) electrons. The van der Waals surface area contributed by atoms with E-state index < -0.39 is 33.7 Å². The second-order valence-electron chi connectivity index (χ2n) is 5.85. The Labute approximate surface area is 162 Å². The number of sulfonamides is 1. The molecule has 0 aliphatic heterocycles. The maximum atomic E-state index is 13.7. The summed E-state index contributed by atoms with van der Waals surface area (Å²) in [7, 11) is -3.80. The molecule has 2 rings (SSSR count). The predicted molar refractivity (Wildman–Crippen MR) is 98.3 cm³/mol. The van der Waals surface area contributed by atoms with E-state index in [1.165, 1.54) is 31.2 Å². The van der Waals surface area contributed by atoms with Crippen molar-refractivity contribution in [1.29, 1.82) is 0 Å². The van der Waals surface area contributed by atoms with E-state index >= 15 is 0 Å². The fraction of sp³-hybridized carbons (Fsp3) is 0.316. The summed E-state index contributed by atoms with van der Waals surface area (Å²) in [5.41, 5.74) is -0.0941. The van der Waals surface area contributed by atoms with E-state index in [1.54, 1.807) is 0 Å². The first-order valence-corrected chi connectivity index (χ1v) is 10.1. The molecule has 1 N–H and O–H groups in total. The molecule has 0 aromatic heterocycles. The molecule has 0 saturated carbocycles. The number of carbonyl (C=O) groups excluding carboxylic acids is 1. The Morgan fingerprint density at radius 2 is 1.82 bits per heavy atom. The Kier molecular flexibility index (Phi) is 7.47. The summed E-state index contributed by atoms with van der Waals surface area (Å²) in [5, 5.41) is 0. The van der Waals surface area contributed by atoms with E-state index in [1.807, 2.05) is 6.92 Å². The first kappa shape index (κ1) is 21.8. The van der Waals surface area contributed by atoms with Gasteiger partial charge in [0.05, 0.1) is 17.9 Å². The normalized spacial score (nSPS) is 12.4. The zero-order valence-corrected chi connectivity index (χ0v) is 16.3. The molecule has 152 valence electrons. The van der Waals surface area contributed by atoms with Crippen LogP contribution in [-0.2, 0) is 19.6 Å². The third-order valence-corrected chi connectivity index (χ3v) is 5.25. The lowest BCUT2D eigenvalue weighted by Gasteiger charge is -2.14. The van der Waals surface area contributed by atoms with Gasteiger partial charge in [-0.3, -0.25) is 4.79 Å². The topological polar surface area (TPSA) is 81.7 Å². The molecule has 0 bridgehead atoms. The molecular formula is C19H21F2NO5S. The summed E-state index contributed by atoms with van der Waals surface area (Å²) < 4.78 is 63.9. The minimum Gasteiger partial charge on any atom is -0.494 e. The molecule has 6 nitrogen and oxygen atoms in total. The van der Waals surface area contributed by atoms with Gasteiger partial charge in [-0.1, -0.05) is 0 Å². The second-order valence-corrected chi connectivity index (χ2v) is 7.62. The van der Waals surface area contributed by atoms with Gasteiger partial charge in [-0.2, -0.15) is 0 Å². The van der Waals surface area contributed by atoms with Crippen LogP contribution in [0.15, 0.2) is 47.4 Å². The highest BCUT2D eigenvalue weighted by Gasteiger charge is 2.18. The molecule has 0 fully saturated rings. The quantitative estimate of drug-likeness (QED) is 0.638. The monoisotopic (exact) mass is 413 g/mol. The van der Waals surface area contributed by atoms with E-state index in [9.17, 15) is 22.0 Å². The van der Waals surface area contributed by atoms with Gasteiger partial charge in [0.1, 0.15) is 23.5 Å². The van der Waals surface area contributed by atoms with E-state index in [0.29, 0.717) is 12.4 Å². The number of ether oxygens (including phenoxy) is 2. The minimum absolute atomic E-state index is 0.0273. The van der Waals surface area contributed by atoms with Gasteiger partial charge in [-0.15, -0.1) is 0 Å². The van der Waals surface area contributed by atoms with Gasteiger partial charge in [0, 0.05) is 12.1 Å². The van der Waals surface area contributed by atoms with Crippen LogP contribution in [0.3, 0.4) is 0 Å². The first-order chi connectivity index (χ1) is 13.2. The van der Waals surface area contributed by atoms with E-state index in [0.717, 1.165) is 18.2 Å². The van der Waals surface area contributed by atoms with Crippen LogP contribution in [0.1, 0.15) is 31.9 Å². The number of nitrogens with one attached hydrogen (secondary N) is 1. The number of hydrogen-bond donors (Lipinski definition) is 1. The number of hydrogen-bond acceptors (Lipinski definition) is 5. The van der Waals surface area contributed by atoms with Crippen molar-refractivity contribution in [2.45, 2.75) is 31.3 Å². The lowest BCUT2D eigenvalue weighted by molar-refractivity contribution is -0.148. The second kappa shape index (κ2) is 9.61. The van der Waals surface area contributed by atoms with Crippen molar-refractivity contribution in [2.75, 3.05) is 13.2 Å². The van der Waals surface area contributed by atoms with Gasteiger partial charge in [0.2, 0.25) is 10.0 Å². The van der Waals surface area contributed by atoms with Gasteiger partial charge in [0.25, 0.3) is 0 Å². The molecule has 1 atom stereocenters. The molecule has 2 aromatic carbocycles. The lowest BCUT2D eigenvalue weighted by atomic mass is 10.1. The molecule has 0 aliphatic rings. The van der Waals surface area contributed by atoms with Crippen LogP contribution in [0.2, 0.25) is 0 Å². The third-order valence-electron chi connectivity index (χ3n) is 3.77. The van der Waals surface area contributed by atoms with Crippen LogP contribution >= 0.6 is 0 Å². The van der Waals surface area contributed by atoms with Gasteiger partial charge in [-0.25, -0.2) is 21.9 Å². The van der Waals surface area contributed by atoms with E-state index in [2.05, 4.69) is 4.72 Å². The van der Waals surface area contributed by atoms with Crippen molar-refractivity contribution in [3.8, 4) is 5.75 Å². The van der Waals surface area contributed by atoms with Crippen LogP contribution in [0.4, 0.5) is 8.78 Å². The number of rotatable bonds is 9. The highest BCUT2D eigenvalue weighted by Crippen LogP contribution is 2.22. The molecule has 0 heterocycles. The summed E-state index contributed by atoms with van der Waals surface area (Å²) in [6.07, 6.45) is -1.27. The highest BCUT2D eigenvalue weighted by atomic mass is 32.2. The van der Waals surface area contributed by atoms with Crippen molar-refractivity contribution >= 4 is 16.0 Å². The molecule has 0 spiro atoms.